The number of rotatable bonds is 3. The van der Waals surface area contributed by atoms with Gasteiger partial charge < -0.3 is 8.83 Å². The van der Waals surface area contributed by atoms with E-state index in [9.17, 15) is 0 Å². The molecular weight excluding hydrogens is 657 g/mol. The molecule has 0 spiro atoms. The molecule has 0 bridgehead atoms. The third-order valence-electron chi connectivity index (χ3n) is 11.9. The maximum absolute atomic E-state index is 6.70. The summed E-state index contributed by atoms with van der Waals surface area (Å²) in [5, 5.41) is 13.5. The van der Waals surface area contributed by atoms with Gasteiger partial charge in [0.15, 0.2) is 0 Å². The summed E-state index contributed by atoms with van der Waals surface area (Å²) < 4.78 is 13.4. The van der Waals surface area contributed by atoms with Crippen LogP contribution < -0.4 is 10.4 Å². The maximum Gasteiger partial charge on any atom is 0.147 e. The summed E-state index contributed by atoms with van der Waals surface area (Å²) >= 11 is 0. The van der Waals surface area contributed by atoms with Crippen LogP contribution in [0.3, 0.4) is 0 Å². The molecule has 0 atom stereocenters. The van der Waals surface area contributed by atoms with E-state index in [4.69, 9.17) is 8.83 Å². The molecule has 8 aromatic carbocycles. The summed E-state index contributed by atoms with van der Waals surface area (Å²) in [6.45, 7) is 0. The monoisotopic (exact) mass is 690 g/mol. The van der Waals surface area contributed by atoms with E-state index < -0.39 is 0 Å². The van der Waals surface area contributed by atoms with Crippen molar-refractivity contribution in [1.82, 2.24) is 0 Å². The lowest BCUT2D eigenvalue weighted by Gasteiger charge is -2.18. The van der Waals surface area contributed by atoms with Gasteiger partial charge in [0.2, 0.25) is 0 Å². The van der Waals surface area contributed by atoms with Crippen molar-refractivity contribution >= 4 is 83.5 Å². The third-order valence-corrected chi connectivity index (χ3v) is 11.9. The van der Waals surface area contributed by atoms with E-state index in [1.165, 1.54) is 76.1 Å². The Hall–Kier alpha value is -6.64. The third kappa shape index (κ3) is 4.28. The van der Waals surface area contributed by atoms with E-state index in [1.54, 1.807) is 0 Å². The van der Waals surface area contributed by atoms with Gasteiger partial charge in [-0.25, -0.2) is 0 Å². The van der Waals surface area contributed by atoms with Gasteiger partial charge in [-0.2, -0.15) is 0 Å². The molecule has 0 unspecified atom stereocenters. The smallest absolute Gasteiger partial charge is 0.147 e. The summed E-state index contributed by atoms with van der Waals surface area (Å²) in [7, 11) is 0. The predicted octanol–water partition coefficient (Wildman–Crippen LogP) is 13.1. The average Bonchev–Trinajstić information content (AvgIpc) is 3.82. The Labute approximate surface area is 311 Å². The second-order valence-electron chi connectivity index (χ2n) is 14.9. The second kappa shape index (κ2) is 11.4. The number of benzene rings is 8. The van der Waals surface area contributed by atoms with Crippen LogP contribution in [-0.2, 0) is 6.42 Å². The van der Waals surface area contributed by atoms with E-state index in [1.807, 2.05) is 0 Å². The largest absolute Gasteiger partial charge is 0.456 e. The van der Waals surface area contributed by atoms with Crippen molar-refractivity contribution in [2.45, 2.75) is 25.7 Å². The summed E-state index contributed by atoms with van der Waals surface area (Å²) in [5.41, 5.74) is 11.5. The number of allylic oxidation sites excluding steroid dienone is 1. The lowest BCUT2D eigenvalue weighted by Crippen LogP contribution is -2.31. The molecule has 2 aliphatic carbocycles. The molecule has 0 aliphatic heterocycles. The topological polar surface area (TPSA) is 26.3 Å². The summed E-state index contributed by atoms with van der Waals surface area (Å²) in [6.07, 6.45) is 13.4. The molecule has 2 heteroatoms. The van der Waals surface area contributed by atoms with Crippen molar-refractivity contribution in [2.75, 3.05) is 0 Å². The summed E-state index contributed by atoms with van der Waals surface area (Å²) in [4.78, 5) is 0. The summed E-state index contributed by atoms with van der Waals surface area (Å²) in [6, 6.07) is 49.0. The van der Waals surface area contributed by atoms with Gasteiger partial charge in [-0.3, -0.25) is 0 Å². The fraction of sp³-hybridized carbons (Fsp3) is 0.0769. The Morgan fingerprint density at radius 3 is 1.91 bits per heavy atom. The fourth-order valence-electron chi connectivity index (χ4n) is 9.52. The molecule has 2 heterocycles. The average molecular weight is 691 g/mol. The quantitative estimate of drug-likeness (QED) is 0.184. The van der Waals surface area contributed by atoms with Crippen LogP contribution in [-0.4, -0.2) is 0 Å². The molecule has 2 nitrogen and oxygen atoms in total. The molecule has 12 rings (SSSR count). The molecular formula is C52H34O2. The van der Waals surface area contributed by atoms with E-state index in [2.05, 4.69) is 158 Å². The first kappa shape index (κ1) is 29.9. The minimum atomic E-state index is 0.877. The van der Waals surface area contributed by atoms with E-state index >= 15 is 0 Å². The first-order valence-corrected chi connectivity index (χ1v) is 19.1. The van der Waals surface area contributed by atoms with Gasteiger partial charge in [0.1, 0.15) is 22.5 Å². The van der Waals surface area contributed by atoms with Crippen molar-refractivity contribution < 1.29 is 8.83 Å². The standard InChI is InChI=1S/C52H34O2/c1-2-13-32-28-36(25-24-31(32)12-1)48-39-18-5-3-16-37(39)47(38-17-4-6-19-40(38)48)35-15-11-14-33(29-35)34-26-27-46-44(30-34)50-51(53-46)42-21-8-7-20-41(42)49-43-22-9-10-23-45(43)54-52(49)50/h1-3,5,7-8,10-21,23-30H,4,6,9,22H2. The Balaban J connectivity index is 1.08. The lowest BCUT2D eigenvalue weighted by molar-refractivity contribution is 0.598. The Kier molecular flexibility index (Phi) is 6.32. The molecule has 0 fully saturated rings. The van der Waals surface area contributed by atoms with Crippen LogP contribution in [0.25, 0.3) is 117 Å². The Morgan fingerprint density at radius 2 is 1.09 bits per heavy atom. The number of hydrogen-bond donors (Lipinski definition) is 0. The van der Waals surface area contributed by atoms with Crippen LogP contribution >= 0.6 is 0 Å². The van der Waals surface area contributed by atoms with Gasteiger partial charge in [-0.1, -0.05) is 127 Å². The highest BCUT2D eigenvalue weighted by atomic mass is 16.3. The Bertz CT molecular complexity index is 3390. The van der Waals surface area contributed by atoms with Crippen LogP contribution in [0.5, 0.6) is 0 Å². The number of aryl methyl sites for hydroxylation is 1. The van der Waals surface area contributed by atoms with Crippen LogP contribution in [0.1, 0.15) is 30.6 Å². The predicted molar refractivity (Wildman–Crippen MR) is 227 cm³/mol. The molecule has 2 aromatic heterocycles. The maximum atomic E-state index is 6.70. The van der Waals surface area contributed by atoms with E-state index in [0.29, 0.717) is 0 Å². The molecule has 254 valence electrons. The number of fused-ring (bicyclic) bond motifs is 13. The van der Waals surface area contributed by atoms with Crippen molar-refractivity contribution in [2.24, 2.45) is 0 Å². The molecule has 0 saturated carbocycles. The van der Waals surface area contributed by atoms with Crippen molar-refractivity contribution in [3.8, 4) is 33.4 Å². The van der Waals surface area contributed by atoms with Crippen molar-refractivity contribution in [3.05, 3.63) is 161 Å². The van der Waals surface area contributed by atoms with Gasteiger partial charge in [0.25, 0.3) is 0 Å². The molecule has 54 heavy (non-hydrogen) atoms. The highest BCUT2D eigenvalue weighted by molar-refractivity contribution is 6.30. The van der Waals surface area contributed by atoms with Crippen LogP contribution in [0.4, 0.5) is 0 Å². The molecule has 10 aromatic rings. The first-order chi connectivity index (χ1) is 26.8. The van der Waals surface area contributed by atoms with E-state index in [0.717, 1.165) is 69.9 Å². The van der Waals surface area contributed by atoms with Crippen LogP contribution in [0.15, 0.2) is 148 Å². The molecule has 0 radical (unpaired) electrons. The van der Waals surface area contributed by atoms with Gasteiger partial charge in [0.05, 0.1) is 5.39 Å². The zero-order valence-electron chi connectivity index (χ0n) is 29.7. The zero-order chi connectivity index (χ0) is 35.3. The highest BCUT2D eigenvalue weighted by Gasteiger charge is 2.24. The zero-order valence-corrected chi connectivity index (χ0v) is 29.7. The van der Waals surface area contributed by atoms with Gasteiger partial charge in [-0.15, -0.1) is 0 Å². The fourth-order valence-corrected chi connectivity index (χ4v) is 9.52. The summed E-state index contributed by atoms with van der Waals surface area (Å²) in [5.74, 6) is 0.975. The van der Waals surface area contributed by atoms with Gasteiger partial charge in [0, 0.05) is 21.7 Å². The molecule has 0 saturated heterocycles. The second-order valence-corrected chi connectivity index (χ2v) is 14.9. The number of furan rings is 2. The van der Waals surface area contributed by atoms with Crippen LogP contribution in [0, 0.1) is 0 Å². The highest BCUT2D eigenvalue weighted by Crippen LogP contribution is 2.46. The molecule has 0 amide bonds. The normalized spacial score (nSPS) is 13.9. The Morgan fingerprint density at radius 1 is 0.426 bits per heavy atom. The van der Waals surface area contributed by atoms with Crippen molar-refractivity contribution in [3.63, 3.8) is 0 Å². The van der Waals surface area contributed by atoms with Crippen LogP contribution in [0.2, 0.25) is 0 Å². The van der Waals surface area contributed by atoms with Gasteiger partial charge >= 0.3 is 0 Å². The minimum absolute atomic E-state index is 0.877. The lowest BCUT2D eigenvalue weighted by atomic mass is 9.85. The minimum Gasteiger partial charge on any atom is -0.456 e. The van der Waals surface area contributed by atoms with Gasteiger partial charge in [-0.05, 0) is 127 Å². The molecule has 0 N–H and O–H groups in total. The number of hydrogen-bond acceptors (Lipinski definition) is 2. The van der Waals surface area contributed by atoms with E-state index in [-0.39, 0.29) is 0 Å². The molecule has 2 aliphatic rings. The SMILES string of the molecule is C1=Cc2oc3c(c2CC1)c1ccccc1c1oc2ccc(-c4cccc(-c5c6c(c(-c7ccc8ccccc8c7)c7ccccc57)=CCCC=6)c4)cc2c13. The first-order valence-electron chi connectivity index (χ1n) is 19.1. The van der Waals surface area contributed by atoms with Crippen molar-refractivity contribution in [1.29, 1.82) is 0 Å².